The number of hydrogen-bond acceptors (Lipinski definition) is 2. The first-order valence-corrected chi connectivity index (χ1v) is 10.6. The zero-order chi connectivity index (χ0) is 17.5. The van der Waals surface area contributed by atoms with Gasteiger partial charge >= 0.3 is 6.03 Å². The fourth-order valence-corrected chi connectivity index (χ4v) is 7.70. The van der Waals surface area contributed by atoms with Crippen molar-refractivity contribution in [3.8, 4) is 0 Å². The van der Waals surface area contributed by atoms with Crippen molar-refractivity contribution < 1.29 is 4.79 Å². The maximum Gasteiger partial charge on any atom is 0.321 e. The summed E-state index contributed by atoms with van der Waals surface area (Å²) in [6.07, 6.45) is 6.97. The third-order valence-corrected chi connectivity index (χ3v) is 8.93. The van der Waals surface area contributed by atoms with Crippen LogP contribution in [-0.4, -0.2) is 36.1 Å². The molecular weight excluding hydrogens is 346 g/mol. The lowest BCUT2D eigenvalue weighted by molar-refractivity contribution is -0.397. The van der Waals surface area contributed by atoms with Crippen molar-refractivity contribution >= 4 is 23.3 Å². The van der Waals surface area contributed by atoms with Crippen LogP contribution in [0.5, 0.6) is 0 Å². The Hall–Kier alpha value is -1.26. The van der Waals surface area contributed by atoms with Crippen LogP contribution in [-0.2, 0) is 0 Å². The molecule has 1 aliphatic heterocycles. The summed E-state index contributed by atoms with van der Waals surface area (Å²) in [6, 6.07) is 7.39. The number of nitrogens with one attached hydrogen (secondary N) is 2. The zero-order valence-electron chi connectivity index (χ0n) is 15.0. The Morgan fingerprint density at radius 2 is 1.96 bits per heavy atom. The van der Waals surface area contributed by atoms with Crippen LogP contribution in [0.1, 0.15) is 32.1 Å². The molecular formula is C21H26ClN3O. The Bertz CT molecular complexity index is 755. The number of nitrogens with zero attached hydrogens (tertiary/aromatic N) is 1. The summed E-state index contributed by atoms with van der Waals surface area (Å²) in [7, 11) is 0. The van der Waals surface area contributed by atoms with Crippen LogP contribution < -0.4 is 10.6 Å². The SMILES string of the molecule is O=C(Nc1ccccc1Cl)N1CCC(CNC23CC4CC5CC(C2)C543)C1. The number of carbonyl (C=O) groups is 1. The van der Waals surface area contributed by atoms with Crippen LogP contribution in [0.3, 0.4) is 0 Å². The summed E-state index contributed by atoms with van der Waals surface area (Å²) in [5, 5.41) is 7.54. The second-order valence-electron chi connectivity index (χ2n) is 9.38. The molecule has 3 atom stereocenters. The Morgan fingerprint density at radius 3 is 2.65 bits per heavy atom. The molecule has 5 aliphatic rings. The third-order valence-electron chi connectivity index (χ3n) is 8.60. The number of rotatable bonds is 4. The molecule has 4 aliphatic carbocycles. The normalized spacial score (nSPS) is 44.0. The molecule has 2 amide bonds. The molecule has 26 heavy (non-hydrogen) atoms. The molecule has 5 fully saturated rings. The van der Waals surface area contributed by atoms with Crippen molar-refractivity contribution in [2.75, 3.05) is 25.0 Å². The van der Waals surface area contributed by atoms with Gasteiger partial charge in [-0.25, -0.2) is 4.79 Å². The molecule has 1 aromatic carbocycles. The predicted molar refractivity (Wildman–Crippen MR) is 102 cm³/mol. The van der Waals surface area contributed by atoms with Gasteiger partial charge in [-0.1, -0.05) is 23.7 Å². The van der Waals surface area contributed by atoms with Crippen molar-refractivity contribution in [1.29, 1.82) is 0 Å². The number of amides is 2. The van der Waals surface area contributed by atoms with Crippen LogP contribution >= 0.6 is 11.6 Å². The Balaban J connectivity index is 1.03. The molecule has 2 N–H and O–H groups in total. The first kappa shape index (κ1) is 15.8. The maximum absolute atomic E-state index is 12.5. The minimum atomic E-state index is -0.0252. The van der Waals surface area contributed by atoms with E-state index in [-0.39, 0.29) is 6.03 Å². The molecule has 1 saturated heterocycles. The van der Waals surface area contributed by atoms with Gasteiger partial charge in [0.15, 0.2) is 0 Å². The van der Waals surface area contributed by atoms with E-state index in [9.17, 15) is 4.79 Å². The summed E-state index contributed by atoms with van der Waals surface area (Å²) in [5.41, 5.74) is 1.93. The van der Waals surface area contributed by atoms with Crippen LogP contribution in [0.4, 0.5) is 10.5 Å². The number of likely N-dealkylation sites (tertiary alicyclic amines) is 1. The smallest absolute Gasteiger partial charge is 0.321 e. The van der Waals surface area contributed by atoms with E-state index >= 15 is 0 Å². The van der Waals surface area contributed by atoms with E-state index in [1.807, 2.05) is 23.1 Å². The predicted octanol–water partition coefficient (Wildman–Crippen LogP) is 3.97. The molecule has 4 nitrogen and oxygen atoms in total. The average Bonchev–Trinajstić information content (AvgIpc) is 3.03. The van der Waals surface area contributed by atoms with Gasteiger partial charge in [-0.3, -0.25) is 0 Å². The summed E-state index contributed by atoms with van der Waals surface area (Å²) < 4.78 is 0. The first-order chi connectivity index (χ1) is 12.6. The highest BCUT2D eigenvalue weighted by Crippen LogP contribution is 2.89. The van der Waals surface area contributed by atoms with E-state index in [4.69, 9.17) is 11.6 Å². The van der Waals surface area contributed by atoms with E-state index in [0.29, 0.717) is 22.2 Å². The largest absolute Gasteiger partial charge is 0.324 e. The van der Waals surface area contributed by atoms with E-state index in [1.54, 1.807) is 6.07 Å². The average molecular weight is 372 g/mol. The molecule has 6 rings (SSSR count). The molecule has 1 spiro atoms. The number of halogens is 1. The van der Waals surface area contributed by atoms with Gasteiger partial charge in [-0.05, 0) is 73.3 Å². The molecule has 1 aromatic rings. The number of para-hydroxylation sites is 1. The van der Waals surface area contributed by atoms with Crippen molar-refractivity contribution in [2.24, 2.45) is 29.1 Å². The Morgan fingerprint density at radius 1 is 1.19 bits per heavy atom. The number of hydrogen-bond donors (Lipinski definition) is 2. The molecule has 0 bridgehead atoms. The Labute approximate surface area is 159 Å². The maximum atomic E-state index is 12.5. The van der Waals surface area contributed by atoms with Crippen molar-refractivity contribution in [2.45, 2.75) is 37.6 Å². The second kappa shape index (κ2) is 5.17. The molecule has 4 saturated carbocycles. The summed E-state index contributed by atoms with van der Waals surface area (Å²) in [4.78, 5) is 14.5. The second-order valence-corrected chi connectivity index (χ2v) is 9.78. The molecule has 0 radical (unpaired) electrons. The van der Waals surface area contributed by atoms with Crippen LogP contribution in [0.25, 0.3) is 0 Å². The molecule has 138 valence electrons. The number of benzene rings is 1. The van der Waals surface area contributed by atoms with E-state index in [0.717, 1.165) is 49.2 Å². The van der Waals surface area contributed by atoms with Gasteiger partial charge in [-0.15, -0.1) is 0 Å². The number of carbonyl (C=O) groups excluding carboxylic acids is 1. The monoisotopic (exact) mass is 371 g/mol. The minimum absolute atomic E-state index is 0.0252. The third kappa shape index (κ3) is 1.78. The van der Waals surface area contributed by atoms with Crippen LogP contribution in [0.15, 0.2) is 24.3 Å². The molecule has 3 unspecified atom stereocenters. The lowest BCUT2D eigenvalue weighted by Gasteiger charge is -2.91. The Kier molecular flexibility index (Phi) is 3.13. The minimum Gasteiger partial charge on any atom is -0.324 e. The van der Waals surface area contributed by atoms with Gasteiger partial charge < -0.3 is 15.5 Å². The lowest BCUT2D eigenvalue weighted by Crippen LogP contribution is -2.92. The van der Waals surface area contributed by atoms with E-state index in [1.165, 1.54) is 25.7 Å². The number of urea groups is 1. The first-order valence-electron chi connectivity index (χ1n) is 10.2. The molecule has 1 heterocycles. The highest BCUT2D eigenvalue weighted by atomic mass is 35.5. The van der Waals surface area contributed by atoms with Gasteiger partial charge in [0.05, 0.1) is 10.7 Å². The standard InChI is InChI=1S/C21H26ClN3O/c22-17-3-1-2-4-18(17)24-19(26)25-6-5-13(12-25)11-23-20-9-15-7-14-8-16(10-20)21(14,15)20/h1-4,13-16,23H,5-12H2,(H,24,26). The highest BCUT2D eigenvalue weighted by Gasteiger charge is 2.87. The van der Waals surface area contributed by atoms with Gasteiger partial charge in [0.2, 0.25) is 0 Å². The molecule has 5 heteroatoms. The fraction of sp³-hybridized carbons (Fsp3) is 0.667. The quantitative estimate of drug-likeness (QED) is 0.841. The summed E-state index contributed by atoms with van der Waals surface area (Å²) >= 11 is 6.15. The summed E-state index contributed by atoms with van der Waals surface area (Å²) in [6.45, 7) is 2.76. The van der Waals surface area contributed by atoms with E-state index < -0.39 is 0 Å². The van der Waals surface area contributed by atoms with Crippen molar-refractivity contribution in [3.63, 3.8) is 0 Å². The highest BCUT2D eigenvalue weighted by molar-refractivity contribution is 6.33. The van der Waals surface area contributed by atoms with Gasteiger partial charge in [0, 0.05) is 25.2 Å². The van der Waals surface area contributed by atoms with Crippen LogP contribution in [0, 0.1) is 29.1 Å². The lowest BCUT2D eigenvalue weighted by atomic mass is 9.15. The topological polar surface area (TPSA) is 44.4 Å². The fourth-order valence-electron chi connectivity index (χ4n) is 7.51. The van der Waals surface area contributed by atoms with Gasteiger partial charge in [0.25, 0.3) is 0 Å². The van der Waals surface area contributed by atoms with E-state index in [2.05, 4.69) is 10.6 Å². The molecule has 0 aromatic heterocycles. The summed E-state index contributed by atoms with van der Waals surface area (Å²) in [5.74, 6) is 3.73. The van der Waals surface area contributed by atoms with Gasteiger partial charge in [0.1, 0.15) is 0 Å². The van der Waals surface area contributed by atoms with Crippen LogP contribution in [0.2, 0.25) is 5.02 Å². The number of anilines is 1. The zero-order valence-corrected chi connectivity index (χ0v) is 15.8. The van der Waals surface area contributed by atoms with Gasteiger partial charge in [-0.2, -0.15) is 0 Å². The van der Waals surface area contributed by atoms with Crippen molar-refractivity contribution in [3.05, 3.63) is 29.3 Å². The van der Waals surface area contributed by atoms with Crippen molar-refractivity contribution in [1.82, 2.24) is 10.2 Å².